The summed E-state index contributed by atoms with van der Waals surface area (Å²) in [7, 11) is 1.56. The third kappa shape index (κ3) is 6.22. The van der Waals surface area contributed by atoms with E-state index in [1.165, 1.54) is 0 Å². The van der Waals surface area contributed by atoms with Gasteiger partial charge in [-0.05, 0) is 60.5 Å². The minimum atomic E-state index is -0.513. The van der Waals surface area contributed by atoms with E-state index in [9.17, 15) is 4.79 Å². The van der Waals surface area contributed by atoms with Gasteiger partial charge in [-0.2, -0.15) is 0 Å². The third-order valence-electron chi connectivity index (χ3n) is 5.32. The van der Waals surface area contributed by atoms with Crippen molar-refractivity contribution in [2.45, 2.75) is 26.4 Å². The summed E-state index contributed by atoms with van der Waals surface area (Å²) in [4.78, 5) is 16.8. The highest BCUT2D eigenvalue weighted by Crippen LogP contribution is 2.31. The van der Waals surface area contributed by atoms with Crippen molar-refractivity contribution in [2.24, 2.45) is 4.99 Å². The van der Waals surface area contributed by atoms with Crippen LogP contribution in [0.2, 0.25) is 5.02 Å². The van der Waals surface area contributed by atoms with E-state index in [1.807, 2.05) is 54.6 Å². The standard InChI is InChI=1S/C28H26ClNO5/c1-3-4-15-33-22-12-10-20(11-13-22)27-30-24(28(31)35-27)16-19-9-14-25(26(17-19)32-2)34-18-21-7-5-6-8-23(21)29/h5-14,16-17H,3-4,15,18H2,1-2H3/b24-16-. The van der Waals surface area contributed by atoms with Crippen LogP contribution in [0.5, 0.6) is 17.2 Å². The molecule has 0 aromatic heterocycles. The van der Waals surface area contributed by atoms with Gasteiger partial charge >= 0.3 is 5.97 Å². The molecule has 7 heteroatoms. The summed E-state index contributed by atoms with van der Waals surface area (Å²) in [5, 5.41) is 0.639. The summed E-state index contributed by atoms with van der Waals surface area (Å²) in [5.74, 6) is 1.61. The van der Waals surface area contributed by atoms with E-state index in [2.05, 4.69) is 11.9 Å². The molecule has 0 aliphatic carbocycles. The van der Waals surface area contributed by atoms with Crippen LogP contribution < -0.4 is 14.2 Å². The fraction of sp³-hybridized carbons (Fsp3) is 0.214. The lowest BCUT2D eigenvalue weighted by Gasteiger charge is -2.12. The molecule has 0 saturated heterocycles. The summed E-state index contributed by atoms with van der Waals surface area (Å²) >= 11 is 6.21. The van der Waals surface area contributed by atoms with E-state index in [0.717, 1.165) is 29.7 Å². The fourth-order valence-electron chi connectivity index (χ4n) is 3.38. The SMILES string of the molecule is CCCCOc1ccc(C2=N/C(=C\c3ccc(OCc4ccccc4Cl)c(OC)c3)C(=O)O2)cc1. The van der Waals surface area contributed by atoms with Crippen molar-refractivity contribution < 1.29 is 23.7 Å². The number of ether oxygens (including phenoxy) is 4. The molecule has 1 aliphatic heterocycles. The summed E-state index contributed by atoms with van der Waals surface area (Å²) < 4.78 is 22.4. The number of aliphatic imine (C=N–C) groups is 1. The Bertz CT molecular complexity index is 1250. The van der Waals surface area contributed by atoms with Crippen LogP contribution in [0.4, 0.5) is 0 Å². The molecule has 0 atom stereocenters. The molecule has 1 aliphatic rings. The lowest BCUT2D eigenvalue weighted by atomic mass is 10.1. The second kappa shape index (κ2) is 11.6. The van der Waals surface area contributed by atoms with Crippen LogP contribution in [0.1, 0.15) is 36.5 Å². The number of hydrogen-bond acceptors (Lipinski definition) is 6. The molecule has 6 nitrogen and oxygen atoms in total. The number of nitrogens with zero attached hydrogens (tertiary/aromatic N) is 1. The molecule has 0 radical (unpaired) electrons. The normalized spacial score (nSPS) is 14.0. The van der Waals surface area contributed by atoms with E-state index in [1.54, 1.807) is 25.3 Å². The van der Waals surface area contributed by atoms with Crippen LogP contribution in [0, 0.1) is 0 Å². The minimum Gasteiger partial charge on any atom is -0.494 e. The molecule has 35 heavy (non-hydrogen) atoms. The van der Waals surface area contributed by atoms with Gasteiger partial charge in [-0.1, -0.05) is 49.2 Å². The molecule has 0 unspecified atom stereocenters. The highest BCUT2D eigenvalue weighted by Gasteiger charge is 2.24. The first kappa shape index (κ1) is 24.4. The number of hydrogen-bond donors (Lipinski definition) is 0. The largest absolute Gasteiger partial charge is 0.494 e. The van der Waals surface area contributed by atoms with Crippen molar-refractivity contribution in [3.63, 3.8) is 0 Å². The fourth-order valence-corrected chi connectivity index (χ4v) is 3.57. The van der Waals surface area contributed by atoms with E-state index in [0.29, 0.717) is 35.3 Å². The average Bonchev–Trinajstić information content (AvgIpc) is 3.24. The van der Waals surface area contributed by atoms with E-state index < -0.39 is 5.97 Å². The Kier molecular flexibility index (Phi) is 8.06. The number of esters is 1. The third-order valence-corrected chi connectivity index (χ3v) is 5.69. The van der Waals surface area contributed by atoms with E-state index in [-0.39, 0.29) is 11.6 Å². The predicted molar refractivity (Wildman–Crippen MR) is 136 cm³/mol. The van der Waals surface area contributed by atoms with Crippen LogP contribution in [0.25, 0.3) is 6.08 Å². The van der Waals surface area contributed by atoms with Crippen LogP contribution in [0.15, 0.2) is 77.4 Å². The van der Waals surface area contributed by atoms with Crippen LogP contribution in [-0.4, -0.2) is 25.6 Å². The van der Waals surface area contributed by atoms with Gasteiger partial charge in [0, 0.05) is 16.1 Å². The lowest BCUT2D eigenvalue weighted by Crippen LogP contribution is -2.05. The van der Waals surface area contributed by atoms with Crippen molar-refractivity contribution in [1.82, 2.24) is 0 Å². The van der Waals surface area contributed by atoms with Gasteiger partial charge in [-0.3, -0.25) is 0 Å². The average molecular weight is 492 g/mol. The first-order valence-electron chi connectivity index (χ1n) is 11.4. The zero-order valence-corrected chi connectivity index (χ0v) is 20.4. The molecule has 0 saturated carbocycles. The Morgan fingerprint density at radius 3 is 2.54 bits per heavy atom. The molecule has 0 fully saturated rings. The number of cyclic esters (lactones) is 1. The predicted octanol–water partition coefficient (Wildman–Crippen LogP) is 6.45. The van der Waals surface area contributed by atoms with Gasteiger partial charge < -0.3 is 18.9 Å². The van der Waals surface area contributed by atoms with Gasteiger partial charge in [0.2, 0.25) is 5.90 Å². The number of carbonyl (C=O) groups excluding carboxylic acids is 1. The molecule has 3 aromatic rings. The second-order valence-electron chi connectivity index (χ2n) is 7.85. The molecule has 0 N–H and O–H groups in total. The van der Waals surface area contributed by atoms with Gasteiger partial charge in [0.15, 0.2) is 17.2 Å². The van der Waals surface area contributed by atoms with E-state index >= 15 is 0 Å². The van der Waals surface area contributed by atoms with Crippen molar-refractivity contribution >= 4 is 29.5 Å². The summed E-state index contributed by atoms with van der Waals surface area (Å²) in [6, 6.07) is 20.2. The molecule has 1 heterocycles. The maximum Gasteiger partial charge on any atom is 0.363 e. The molecular weight excluding hydrogens is 466 g/mol. The van der Waals surface area contributed by atoms with Gasteiger partial charge in [0.1, 0.15) is 12.4 Å². The van der Waals surface area contributed by atoms with Crippen LogP contribution in [-0.2, 0) is 16.1 Å². The van der Waals surface area contributed by atoms with Crippen molar-refractivity contribution in [2.75, 3.05) is 13.7 Å². The Balaban J connectivity index is 1.47. The van der Waals surface area contributed by atoms with Crippen molar-refractivity contribution in [3.8, 4) is 17.2 Å². The maximum absolute atomic E-state index is 12.4. The molecular formula is C28H26ClNO5. The number of halogens is 1. The Hall–Kier alpha value is -3.77. The first-order valence-corrected chi connectivity index (χ1v) is 11.7. The van der Waals surface area contributed by atoms with Gasteiger partial charge in [-0.25, -0.2) is 9.79 Å². The van der Waals surface area contributed by atoms with Crippen molar-refractivity contribution in [1.29, 1.82) is 0 Å². The zero-order chi connectivity index (χ0) is 24.6. The number of carbonyl (C=O) groups is 1. The Morgan fingerprint density at radius 1 is 1.00 bits per heavy atom. The lowest BCUT2D eigenvalue weighted by molar-refractivity contribution is -0.129. The van der Waals surface area contributed by atoms with Gasteiger partial charge in [-0.15, -0.1) is 0 Å². The van der Waals surface area contributed by atoms with E-state index in [4.69, 9.17) is 30.5 Å². The second-order valence-corrected chi connectivity index (χ2v) is 8.26. The quantitative estimate of drug-likeness (QED) is 0.185. The number of rotatable bonds is 10. The molecule has 0 spiro atoms. The Labute approximate surface area is 209 Å². The Morgan fingerprint density at radius 2 is 1.80 bits per heavy atom. The number of benzene rings is 3. The van der Waals surface area contributed by atoms with Crippen LogP contribution >= 0.6 is 11.6 Å². The zero-order valence-electron chi connectivity index (χ0n) is 19.6. The number of unbranched alkanes of at least 4 members (excludes halogenated alkanes) is 1. The summed E-state index contributed by atoms with van der Waals surface area (Å²) in [5.41, 5.74) is 2.50. The smallest absolute Gasteiger partial charge is 0.363 e. The molecule has 0 amide bonds. The topological polar surface area (TPSA) is 66.3 Å². The maximum atomic E-state index is 12.4. The van der Waals surface area contributed by atoms with Gasteiger partial charge in [0.25, 0.3) is 0 Å². The summed E-state index contributed by atoms with van der Waals surface area (Å²) in [6.45, 7) is 3.09. The highest BCUT2D eigenvalue weighted by molar-refractivity contribution is 6.31. The summed E-state index contributed by atoms with van der Waals surface area (Å²) in [6.07, 6.45) is 3.72. The minimum absolute atomic E-state index is 0.204. The van der Waals surface area contributed by atoms with Crippen molar-refractivity contribution in [3.05, 3.63) is 94.1 Å². The monoisotopic (exact) mass is 491 g/mol. The molecule has 180 valence electrons. The molecule has 3 aromatic carbocycles. The highest BCUT2D eigenvalue weighted by atomic mass is 35.5. The van der Waals surface area contributed by atoms with Crippen LogP contribution in [0.3, 0.4) is 0 Å². The number of methoxy groups -OCH3 is 1. The first-order chi connectivity index (χ1) is 17.1. The van der Waals surface area contributed by atoms with Gasteiger partial charge in [0.05, 0.1) is 13.7 Å². The molecule has 4 rings (SSSR count). The molecule has 0 bridgehead atoms.